The van der Waals surface area contributed by atoms with Crippen molar-refractivity contribution < 1.29 is 26.3 Å². The third-order valence-corrected chi connectivity index (χ3v) is 10.3. The van der Waals surface area contributed by atoms with Crippen LogP contribution in [0.25, 0.3) is 0 Å². The van der Waals surface area contributed by atoms with Gasteiger partial charge < -0.3 is 4.74 Å². The van der Waals surface area contributed by atoms with E-state index < -0.39 is 21.8 Å². The van der Waals surface area contributed by atoms with E-state index in [9.17, 15) is 21.6 Å². The maximum Gasteiger partial charge on any atom is 0.417 e. The molecule has 0 saturated heterocycles. The topological polar surface area (TPSA) is 49.9 Å². The molecular formula is C38H36ClF3N2O3S. The van der Waals surface area contributed by atoms with E-state index in [1.165, 1.54) is 17.4 Å². The van der Waals surface area contributed by atoms with Crippen LogP contribution in [0.4, 0.5) is 18.9 Å². The molecule has 0 saturated carbocycles. The zero-order valence-electron chi connectivity index (χ0n) is 26.4. The Kier molecular flexibility index (Phi) is 11.5. The Labute approximate surface area is 285 Å². The Bertz CT molecular complexity index is 1840. The number of ether oxygens (including phenoxy) is 1. The van der Waals surface area contributed by atoms with Crippen molar-refractivity contribution in [3.63, 3.8) is 0 Å². The average molecular weight is 693 g/mol. The third-order valence-electron chi connectivity index (χ3n) is 8.09. The maximum absolute atomic E-state index is 13.7. The van der Waals surface area contributed by atoms with Crippen LogP contribution < -0.4 is 9.04 Å². The van der Waals surface area contributed by atoms with Gasteiger partial charge in [-0.05, 0) is 53.4 Å². The molecule has 0 N–H and O–H groups in total. The number of alkyl halides is 3. The number of hydrogen-bond donors (Lipinski definition) is 0. The van der Waals surface area contributed by atoms with Gasteiger partial charge in [-0.25, -0.2) is 8.42 Å². The van der Waals surface area contributed by atoms with E-state index in [0.717, 1.165) is 17.2 Å². The monoisotopic (exact) mass is 692 g/mol. The first-order valence-corrected chi connectivity index (χ1v) is 17.3. The number of benzene rings is 5. The van der Waals surface area contributed by atoms with Crippen molar-refractivity contribution in [3.05, 3.63) is 161 Å². The van der Waals surface area contributed by atoms with E-state index in [1.54, 1.807) is 60.7 Å². The standard InChI is InChI=1S/C38H36ClF3N2O3S/c1-43(48(45,46)34-21-9-4-10-22-34)32-19-12-20-33(26-32)47-25-13-24-44(27-31-18-11-23-36(37(31)39)38(40,41)42)28-35(29-14-5-2-6-15-29)30-16-7-3-8-17-30/h2-12,14-23,26,35H,13,24-25,27-28H2,1H3. The SMILES string of the molecule is CN(c1cccc(OCCCN(Cc2cccc(C(F)(F)F)c2Cl)CC(c2ccccc2)c2ccccc2)c1)S(=O)(=O)c1ccccc1. The van der Waals surface area contributed by atoms with Crippen molar-refractivity contribution in [1.29, 1.82) is 0 Å². The molecule has 0 bridgehead atoms. The van der Waals surface area contributed by atoms with E-state index in [2.05, 4.69) is 29.2 Å². The van der Waals surface area contributed by atoms with Crippen LogP contribution in [0, 0.1) is 0 Å². The highest BCUT2D eigenvalue weighted by atomic mass is 35.5. The van der Waals surface area contributed by atoms with Gasteiger partial charge in [0.1, 0.15) is 5.75 Å². The van der Waals surface area contributed by atoms with Gasteiger partial charge in [-0.3, -0.25) is 9.21 Å². The first-order chi connectivity index (χ1) is 23.0. The minimum Gasteiger partial charge on any atom is -0.493 e. The van der Waals surface area contributed by atoms with Crippen molar-refractivity contribution in [2.24, 2.45) is 0 Å². The summed E-state index contributed by atoms with van der Waals surface area (Å²) in [4.78, 5) is 2.29. The smallest absolute Gasteiger partial charge is 0.417 e. The van der Waals surface area contributed by atoms with E-state index in [-0.39, 0.29) is 22.4 Å². The van der Waals surface area contributed by atoms with Gasteiger partial charge in [0, 0.05) is 38.7 Å². The van der Waals surface area contributed by atoms with E-state index in [0.29, 0.717) is 43.1 Å². The van der Waals surface area contributed by atoms with Gasteiger partial charge in [0.2, 0.25) is 0 Å². The Balaban J connectivity index is 1.33. The van der Waals surface area contributed by atoms with Gasteiger partial charge in [-0.15, -0.1) is 0 Å². The van der Waals surface area contributed by atoms with Crippen molar-refractivity contribution >= 4 is 27.3 Å². The number of nitrogens with zero attached hydrogens (tertiary/aromatic N) is 2. The molecule has 0 spiro atoms. The van der Waals surface area contributed by atoms with Crippen LogP contribution in [0.5, 0.6) is 5.75 Å². The van der Waals surface area contributed by atoms with Gasteiger partial charge in [0.25, 0.3) is 10.0 Å². The molecule has 250 valence electrons. The van der Waals surface area contributed by atoms with Gasteiger partial charge in [0.15, 0.2) is 0 Å². The molecule has 5 aromatic carbocycles. The first-order valence-electron chi connectivity index (χ1n) is 15.5. The largest absolute Gasteiger partial charge is 0.493 e. The van der Waals surface area contributed by atoms with Crippen LogP contribution in [-0.2, 0) is 22.7 Å². The zero-order valence-corrected chi connectivity index (χ0v) is 27.9. The molecule has 0 aliphatic heterocycles. The van der Waals surface area contributed by atoms with Gasteiger partial charge in [-0.1, -0.05) is 109 Å². The van der Waals surface area contributed by atoms with Crippen LogP contribution in [0.2, 0.25) is 5.02 Å². The van der Waals surface area contributed by atoms with Gasteiger partial charge >= 0.3 is 6.18 Å². The number of halogens is 4. The van der Waals surface area contributed by atoms with Gasteiger partial charge in [0.05, 0.1) is 27.8 Å². The molecule has 48 heavy (non-hydrogen) atoms. The summed E-state index contributed by atoms with van der Waals surface area (Å²) in [5, 5.41) is -0.298. The minimum absolute atomic E-state index is 0.0447. The highest BCUT2D eigenvalue weighted by molar-refractivity contribution is 7.92. The molecule has 0 aromatic heterocycles. The molecule has 0 fully saturated rings. The average Bonchev–Trinajstić information content (AvgIpc) is 3.10. The molecular weight excluding hydrogens is 657 g/mol. The van der Waals surface area contributed by atoms with Crippen LogP contribution in [0.15, 0.2) is 138 Å². The maximum atomic E-state index is 13.7. The predicted octanol–water partition coefficient (Wildman–Crippen LogP) is 9.29. The van der Waals surface area contributed by atoms with Crippen molar-refractivity contribution in [2.45, 2.75) is 30.0 Å². The lowest BCUT2D eigenvalue weighted by molar-refractivity contribution is -0.137. The minimum atomic E-state index is -4.56. The highest BCUT2D eigenvalue weighted by Crippen LogP contribution is 2.37. The third kappa shape index (κ3) is 8.78. The fourth-order valence-corrected chi connectivity index (χ4v) is 7.07. The van der Waals surface area contributed by atoms with Gasteiger partial charge in [-0.2, -0.15) is 13.2 Å². The van der Waals surface area contributed by atoms with Crippen LogP contribution >= 0.6 is 11.6 Å². The Morgan fingerprint density at radius 2 is 1.35 bits per heavy atom. The van der Waals surface area contributed by atoms with Crippen molar-refractivity contribution in [1.82, 2.24) is 4.90 Å². The van der Waals surface area contributed by atoms with Crippen LogP contribution in [0.1, 0.15) is 34.6 Å². The quantitative estimate of drug-likeness (QED) is 0.109. The summed E-state index contributed by atoms with van der Waals surface area (Å²) in [5.74, 6) is 0.457. The second kappa shape index (κ2) is 15.7. The lowest BCUT2D eigenvalue weighted by Crippen LogP contribution is -2.31. The molecule has 0 aliphatic rings. The summed E-state index contributed by atoms with van der Waals surface area (Å²) in [7, 11) is -2.26. The predicted molar refractivity (Wildman–Crippen MR) is 185 cm³/mol. The molecule has 0 radical (unpaired) electrons. The van der Waals surface area contributed by atoms with E-state index in [1.807, 2.05) is 36.4 Å². The molecule has 10 heteroatoms. The summed E-state index contributed by atoms with van der Waals surface area (Å²) in [5.41, 5.74) is 2.16. The highest BCUT2D eigenvalue weighted by Gasteiger charge is 2.34. The molecule has 0 unspecified atom stereocenters. The molecule has 0 amide bonds. The molecule has 0 atom stereocenters. The number of rotatable bonds is 14. The van der Waals surface area contributed by atoms with Crippen LogP contribution in [0.3, 0.4) is 0 Å². The molecule has 0 aliphatic carbocycles. The lowest BCUT2D eigenvalue weighted by atomic mass is 9.90. The van der Waals surface area contributed by atoms with Crippen molar-refractivity contribution in [2.75, 3.05) is 31.0 Å². The number of anilines is 1. The molecule has 5 nitrogen and oxygen atoms in total. The Morgan fingerprint density at radius 3 is 1.96 bits per heavy atom. The number of sulfonamides is 1. The summed E-state index contributed by atoms with van der Waals surface area (Å²) in [6, 6.07) is 39.1. The summed E-state index contributed by atoms with van der Waals surface area (Å²) in [6.07, 6.45) is -4.01. The molecule has 5 rings (SSSR count). The summed E-state index contributed by atoms with van der Waals surface area (Å²) < 4.78 is 74.6. The lowest BCUT2D eigenvalue weighted by Gasteiger charge is -2.29. The summed E-state index contributed by atoms with van der Waals surface area (Å²) >= 11 is 6.34. The normalized spacial score (nSPS) is 12.0. The molecule has 0 heterocycles. The Hall–Kier alpha value is -4.31. The second-order valence-electron chi connectivity index (χ2n) is 11.4. The fourth-order valence-electron chi connectivity index (χ4n) is 5.57. The van der Waals surface area contributed by atoms with Crippen LogP contribution in [-0.4, -0.2) is 40.1 Å². The summed E-state index contributed by atoms with van der Waals surface area (Å²) in [6.45, 7) is 1.53. The van der Waals surface area contributed by atoms with Crippen molar-refractivity contribution in [3.8, 4) is 5.75 Å². The fraction of sp³-hybridized carbons (Fsp3) is 0.211. The van der Waals surface area contributed by atoms with E-state index in [4.69, 9.17) is 16.3 Å². The number of hydrogen-bond acceptors (Lipinski definition) is 4. The Morgan fingerprint density at radius 1 is 0.771 bits per heavy atom. The first kappa shape index (κ1) is 35.0. The molecule has 5 aromatic rings. The second-order valence-corrected chi connectivity index (χ2v) is 13.7. The van der Waals surface area contributed by atoms with E-state index >= 15 is 0 Å². The zero-order chi connectivity index (χ0) is 34.1.